The molecule has 0 unspecified atom stereocenters. The molecule has 3 heterocycles. The lowest BCUT2D eigenvalue weighted by atomic mass is 10.0. The van der Waals surface area contributed by atoms with E-state index >= 15 is 0 Å². The van der Waals surface area contributed by atoms with Gasteiger partial charge in [0.1, 0.15) is 0 Å². The maximum atomic E-state index is 12.7. The maximum absolute atomic E-state index is 12.7. The Morgan fingerprint density at radius 1 is 1.30 bits per heavy atom. The smallest absolute Gasteiger partial charge is 0.408 e. The molecule has 3 aromatic rings. The lowest BCUT2D eigenvalue weighted by molar-refractivity contribution is 0.0601. The van der Waals surface area contributed by atoms with Gasteiger partial charge in [-0.1, -0.05) is 0 Å². The van der Waals surface area contributed by atoms with Crippen molar-refractivity contribution in [3.05, 3.63) is 41.1 Å². The van der Waals surface area contributed by atoms with Gasteiger partial charge < -0.3 is 9.15 Å². The van der Waals surface area contributed by atoms with Crippen LogP contribution in [0.2, 0.25) is 0 Å². The zero-order valence-corrected chi connectivity index (χ0v) is 15.6. The summed E-state index contributed by atoms with van der Waals surface area (Å²) in [6, 6.07) is 4.29. The highest BCUT2D eigenvalue weighted by molar-refractivity contribution is 7.92. The van der Waals surface area contributed by atoms with Crippen LogP contribution < -0.4 is 10.5 Å². The Labute approximate surface area is 155 Å². The van der Waals surface area contributed by atoms with Gasteiger partial charge in [0, 0.05) is 33.0 Å². The number of fused-ring (bicyclic) bond motifs is 1. The van der Waals surface area contributed by atoms with Crippen LogP contribution in [0.15, 0.2) is 44.7 Å². The molecule has 0 radical (unpaired) electrons. The van der Waals surface area contributed by atoms with Crippen molar-refractivity contribution in [3.63, 3.8) is 0 Å². The number of hydrogen-bond acceptors (Lipinski definition) is 6. The van der Waals surface area contributed by atoms with Gasteiger partial charge in [0.25, 0.3) is 10.0 Å². The van der Waals surface area contributed by atoms with E-state index in [2.05, 4.69) is 9.82 Å². The van der Waals surface area contributed by atoms with Gasteiger partial charge in [-0.15, -0.1) is 0 Å². The Morgan fingerprint density at radius 3 is 2.85 bits per heavy atom. The maximum Gasteiger partial charge on any atom is 0.419 e. The predicted molar refractivity (Wildman–Crippen MR) is 98.0 cm³/mol. The van der Waals surface area contributed by atoms with Crippen LogP contribution in [-0.4, -0.2) is 36.0 Å². The number of rotatable bonds is 5. The summed E-state index contributed by atoms with van der Waals surface area (Å²) in [7, 11) is -2.29. The second kappa shape index (κ2) is 6.86. The van der Waals surface area contributed by atoms with Crippen LogP contribution in [0.1, 0.15) is 12.8 Å². The summed E-state index contributed by atoms with van der Waals surface area (Å²) in [5.41, 5.74) is 1.15. The molecular weight excluding hydrogens is 372 g/mol. The molecule has 1 aliphatic heterocycles. The molecule has 0 spiro atoms. The number of nitrogens with one attached hydrogen (secondary N) is 1. The van der Waals surface area contributed by atoms with Crippen molar-refractivity contribution in [2.75, 3.05) is 17.9 Å². The monoisotopic (exact) mass is 392 g/mol. The van der Waals surface area contributed by atoms with Crippen molar-refractivity contribution >= 4 is 26.8 Å². The molecular formula is C17H20N4O5S. The third-order valence-electron chi connectivity index (χ3n) is 4.74. The number of oxazole rings is 1. The first-order chi connectivity index (χ1) is 12.9. The molecule has 144 valence electrons. The number of ether oxygens (including phenoxy) is 1. The first-order valence-electron chi connectivity index (χ1n) is 8.65. The normalized spacial score (nSPS) is 16.0. The highest BCUT2D eigenvalue weighted by atomic mass is 32.2. The van der Waals surface area contributed by atoms with E-state index in [4.69, 9.17) is 9.15 Å². The number of sulfonamides is 1. The summed E-state index contributed by atoms with van der Waals surface area (Å²) in [5.74, 6) is -0.0604. The zero-order chi connectivity index (χ0) is 19.0. The molecule has 2 aromatic heterocycles. The molecule has 0 bridgehead atoms. The summed E-state index contributed by atoms with van der Waals surface area (Å²) in [6.45, 7) is 2.24. The minimum absolute atomic E-state index is 0.0450. The van der Waals surface area contributed by atoms with Crippen molar-refractivity contribution in [1.29, 1.82) is 0 Å². The molecule has 0 aliphatic carbocycles. The average Bonchev–Trinajstić information content (AvgIpc) is 3.19. The van der Waals surface area contributed by atoms with E-state index in [0.29, 0.717) is 22.7 Å². The van der Waals surface area contributed by atoms with Gasteiger partial charge in [0.05, 0.1) is 22.3 Å². The number of aryl methyl sites for hydroxylation is 1. The molecule has 1 saturated heterocycles. The highest BCUT2D eigenvalue weighted by Crippen LogP contribution is 2.21. The SMILES string of the molecule is Cn1c(=O)oc2ccc(S(=O)(=O)Nc3cnn(CC4CCOCC4)c3)cc21. The fourth-order valence-corrected chi connectivity index (χ4v) is 4.24. The Balaban J connectivity index is 1.53. The van der Waals surface area contributed by atoms with Gasteiger partial charge in [-0.25, -0.2) is 13.2 Å². The summed E-state index contributed by atoms with van der Waals surface area (Å²) < 4.78 is 41.3. The van der Waals surface area contributed by atoms with Gasteiger partial charge in [0.2, 0.25) is 0 Å². The second-order valence-electron chi connectivity index (χ2n) is 6.67. The average molecular weight is 392 g/mol. The first kappa shape index (κ1) is 17.8. The van der Waals surface area contributed by atoms with Crippen LogP contribution in [0, 0.1) is 5.92 Å². The highest BCUT2D eigenvalue weighted by Gasteiger charge is 2.19. The van der Waals surface area contributed by atoms with Gasteiger partial charge in [-0.3, -0.25) is 14.0 Å². The van der Waals surface area contributed by atoms with Crippen LogP contribution in [-0.2, 0) is 28.4 Å². The lowest BCUT2D eigenvalue weighted by Gasteiger charge is -2.21. The number of nitrogens with zero attached hydrogens (tertiary/aromatic N) is 3. The Kier molecular flexibility index (Phi) is 4.52. The number of anilines is 1. The van der Waals surface area contributed by atoms with Crippen LogP contribution in [0.4, 0.5) is 5.69 Å². The molecule has 1 aliphatic rings. The number of aromatic nitrogens is 3. The second-order valence-corrected chi connectivity index (χ2v) is 8.35. The third-order valence-corrected chi connectivity index (χ3v) is 6.12. The number of benzene rings is 1. The van der Waals surface area contributed by atoms with Gasteiger partial charge in [-0.2, -0.15) is 5.10 Å². The molecule has 10 heteroatoms. The summed E-state index contributed by atoms with van der Waals surface area (Å²) in [6.07, 6.45) is 5.12. The van der Waals surface area contributed by atoms with Gasteiger partial charge >= 0.3 is 5.76 Å². The van der Waals surface area contributed by atoms with E-state index in [1.807, 2.05) is 0 Å². The lowest BCUT2D eigenvalue weighted by Crippen LogP contribution is -2.20. The summed E-state index contributed by atoms with van der Waals surface area (Å²) in [5, 5.41) is 4.24. The fraction of sp³-hybridized carbons (Fsp3) is 0.412. The number of hydrogen-bond donors (Lipinski definition) is 1. The molecule has 1 aromatic carbocycles. The van der Waals surface area contributed by atoms with Gasteiger partial charge in [-0.05, 0) is 37.0 Å². The van der Waals surface area contributed by atoms with E-state index in [9.17, 15) is 13.2 Å². The van der Waals surface area contributed by atoms with Crippen LogP contribution in [0.25, 0.3) is 11.1 Å². The third kappa shape index (κ3) is 3.62. The van der Waals surface area contributed by atoms with Crippen LogP contribution in [0.5, 0.6) is 0 Å². The fourth-order valence-electron chi connectivity index (χ4n) is 3.20. The predicted octanol–water partition coefficient (Wildman–Crippen LogP) is 1.56. The Morgan fingerprint density at radius 2 is 2.07 bits per heavy atom. The minimum Gasteiger partial charge on any atom is -0.408 e. The zero-order valence-electron chi connectivity index (χ0n) is 14.8. The van der Waals surface area contributed by atoms with E-state index in [-0.39, 0.29) is 4.90 Å². The van der Waals surface area contributed by atoms with E-state index in [1.54, 1.807) is 10.9 Å². The molecule has 0 saturated carbocycles. The van der Waals surface area contributed by atoms with Gasteiger partial charge in [0.15, 0.2) is 5.58 Å². The van der Waals surface area contributed by atoms with Crippen molar-refractivity contribution in [2.24, 2.45) is 13.0 Å². The molecule has 4 rings (SSSR count). The molecule has 27 heavy (non-hydrogen) atoms. The minimum atomic E-state index is -3.81. The largest absolute Gasteiger partial charge is 0.419 e. The van der Waals surface area contributed by atoms with Crippen molar-refractivity contribution in [1.82, 2.24) is 14.3 Å². The van der Waals surface area contributed by atoms with E-state index in [0.717, 1.165) is 32.6 Å². The van der Waals surface area contributed by atoms with E-state index in [1.165, 1.54) is 36.0 Å². The topological polar surface area (TPSA) is 108 Å². The molecule has 0 amide bonds. The van der Waals surface area contributed by atoms with E-state index < -0.39 is 15.8 Å². The summed E-state index contributed by atoms with van der Waals surface area (Å²) in [4.78, 5) is 11.6. The Hall–Kier alpha value is -2.59. The summed E-state index contributed by atoms with van der Waals surface area (Å²) >= 11 is 0. The molecule has 1 N–H and O–H groups in total. The standard InChI is InChI=1S/C17H20N4O5S/c1-20-15-8-14(2-3-16(15)26-17(20)22)27(23,24)19-13-9-18-21(11-13)10-12-4-6-25-7-5-12/h2-3,8-9,11-12,19H,4-7,10H2,1H3. The quantitative estimate of drug-likeness (QED) is 0.706. The Bertz CT molecular complexity index is 1120. The molecule has 9 nitrogen and oxygen atoms in total. The first-order valence-corrected chi connectivity index (χ1v) is 10.1. The van der Waals surface area contributed by atoms with Crippen molar-refractivity contribution in [2.45, 2.75) is 24.3 Å². The molecule has 1 fully saturated rings. The van der Waals surface area contributed by atoms with Crippen molar-refractivity contribution < 1.29 is 17.6 Å². The molecule has 0 atom stereocenters. The van der Waals surface area contributed by atoms with Crippen LogP contribution in [0.3, 0.4) is 0 Å². The van der Waals surface area contributed by atoms with Crippen LogP contribution >= 0.6 is 0 Å². The van der Waals surface area contributed by atoms with Crippen molar-refractivity contribution in [3.8, 4) is 0 Å².